The van der Waals surface area contributed by atoms with Crippen molar-refractivity contribution in [3.05, 3.63) is 35.4 Å². The van der Waals surface area contributed by atoms with Crippen LogP contribution in [-0.2, 0) is 16.1 Å². The predicted octanol–water partition coefficient (Wildman–Crippen LogP) is 2.96. The number of amides is 1. The maximum absolute atomic E-state index is 12.8. The molecular weight excluding hydrogens is 312 g/mol. The van der Waals surface area contributed by atoms with Crippen molar-refractivity contribution in [1.82, 2.24) is 10.2 Å². The fraction of sp³-hybridized carbons (Fsp3) is 0.611. The summed E-state index contributed by atoms with van der Waals surface area (Å²) in [6, 6.07) is 8.52. The number of carbonyl (C=O) groups excluding carboxylic acids is 1. The van der Waals surface area contributed by atoms with Gasteiger partial charge in [-0.2, -0.15) is 0 Å². The maximum Gasteiger partial charge on any atom is 0.254 e. The standard InChI is InChI=1S/C18H28N2O2.ClH/c1-14(2)16-7-5-15(6-8-16)13-20(3)17(21)18(22-4)9-11-19-12-10-18;/h5-8,14,19H,9-13H2,1-4H3;1H. The lowest BCUT2D eigenvalue weighted by Gasteiger charge is -2.37. The lowest BCUT2D eigenvalue weighted by molar-refractivity contribution is -0.157. The van der Waals surface area contributed by atoms with Crippen molar-refractivity contribution in [3.8, 4) is 0 Å². The van der Waals surface area contributed by atoms with Crippen molar-refractivity contribution in [1.29, 1.82) is 0 Å². The van der Waals surface area contributed by atoms with Gasteiger partial charge >= 0.3 is 0 Å². The first kappa shape index (κ1) is 19.9. The lowest BCUT2D eigenvalue weighted by Crippen LogP contribution is -2.54. The lowest BCUT2D eigenvalue weighted by atomic mass is 9.90. The molecule has 1 fully saturated rings. The Morgan fingerprint density at radius 3 is 2.30 bits per heavy atom. The Kier molecular flexibility index (Phi) is 7.52. The smallest absolute Gasteiger partial charge is 0.254 e. The summed E-state index contributed by atoms with van der Waals surface area (Å²) in [6.45, 7) is 6.65. The summed E-state index contributed by atoms with van der Waals surface area (Å²) < 4.78 is 5.62. The molecule has 0 atom stereocenters. The summed E-state index contributed by atoms with van der Waals surface area (Å²) in [7, 11) is 3.51. The molecule has 23 heavy (non-hydrogen) atoms. The molecule has 1 aromatic rings. The van der Waals surface area contributed by atoms with Crippen molar-refractivity contribution < 1.29 is 9.53 Å². The molecule has 0 bridgehead atoms. The van der Waals surface area contributed by atoms with Gasteiger partial charge in [-0.1, -0.05) is 38.1 Å². The van der Waals surface area contributed by atoms with Gasteiger partial charge in [-0.3, -0.25) is 4.79 Å². The van der Waals surface area contributed by atoms with Crippen LogP contribution in [0.3, 0.4) is 0 Å². The van der Waals surface area contributed by atoms with Gasteiger partial charge in [0.2, 0.25) is 0 Å². The number of hydrogen-bond donors (Lipinski definition) is 1. The average molecular weight is 341 g/mol. The van der Waals surface area contributed by atoms with Crippen LogP contribution in [-0.4, -0.2) is 43.7 Å². The minimum absolute atomic E-state index is 0. The normalized spacial score (nSPS) is 16.7. The molecule has 1 N–H and O–H groups in total. The van der Waals surface area contributed by atoms with Crippen LogP contribution in [0.1, 0.15) is 43.7 Å². The minimum atomic E-state index is -0.655. The van der Waals surface area contributed by atoms with Gasteiger partial charge in [0.05, 0.1) is 0 Å². The SMILES string of the molecule is COC1(C(=O)N(C)Cc2ccc(C(C)C)cc2)CCNCC1.Cl. The highest BCUT2D eigenvalue weighted by Gasteiger charge is 2.41. The zero-order valence-corrected chi connectivity index (χ0v) is 15.4. The molecule has 0 spiro atoms. The molecule has 0 radical (unpaired) electrons. The van der Waals surface area contributed by atoms with E-state index in [1.54, 1.807) is 12.0 Å². The number of nitrogens with zero attached hydrogens (tertiary/aromatic N) is 1. The Labute approximate surface area is 146 Å². The summed E-state index contributed by atoms with van der Waals surface area (Å²) in [5.41, 5.74) is 1.82. The van der Waals surface area contributed by atoms with Crippen LogP contribution in [0, 0.1) is 0 Å². The number of methoxy groups -OCH3 is 1. The van der Waals surface area contributed by atoms with Gasteiger partial charge in [0, 0.05) is 20.7 Å². The van der Waals surface area contributed by atoms with Gasteiger partial charge in [0.25, 0.3) is 5.91 Å². The van der Waals surface area contributed by atoms with Crippen LogP contribution in [0.2, 0.25) is 0 Å². The van der Waals surface area contributed by atoms with Crippen LogP contribution in [0.15, 0.2) is 24.3 Å². The number of ether oxygens (including phenoxy) is 1. The second-order valence-corrected chi connectivity index (χ2v) is 6.51. The monoisotopic (exact) mass is 340 g/mol. The third kappa shape index (κ3) is 4.69. The summed E-state index contributed by atoms with van der Waals surface area (Å²) in [6.07, 6.45) is 1.47. The van der Waals surface area contributed by atoms with Crippen LogP contribution in [0.25, 0.3) is 0 Å². The van der Waals surface area contributed by atoms with E-state index >= 15 is 0 Å². The molecule has 0 aromatic heterocycles. The third-order valence-corrected chi connectivity index (χ3v) is 4.60. The molecule has 0 saturated carbocycles. The number of nitrogens with one attached hydrogen (secondary N) is 1. The van der Waals surface area contributed by atoms with Gasteiger partial charge in [-0.25, -0.2) is 0 Å². The summed E-state index contributed by atoms with van der Waals surface area (Å²) in [5.74, 6) is 0.615. The second-order valence-electron chi connectivity index (χ2n) is 6.51. The first-order chi connectivity index (χ1) is 10.5. The third-order valence-electron chi connectivity index (χ3n) is 4.60. The summed E-state index contributed by atoms with van der Waals surface area (Å²) in [5, 5.41) is 3.28. The molecule has 1 aromatic carbocycles. The Hall–Kier alpha value is -1.10. The van der Waals surface area contributed by atoms with Crippen LogP contribution in [0.5, 0.6) is 0 Å². The zero-order chi connectivity index (χ0) is 16.2. The number of benzene rings is 1. The second kappa shape index (κ2) is 8.67. The number of carbonyl (C=O) groups is 1. The first-order valence-corrected chi connectivity index (χ1v) is 8.09. The predicted molar refractivity (Wildman–Crippen MR) is 96.1 cm³/mol. The quantitative estimate of drug-likeness (QED) is 0.896. The highest BCUT2D eigenvalue weighted by Crippen LogP contribution is 2.25. The van der Waals surface area contributed by atoms with Crippen molar-refractivity contribution in [2.45, 2.75) is 44.8 Å². The molecule has 5 heteroatoms. The van der Waals surface area contributed by atoms with E-state index < -0.39 is 5.60 Å². The average Bonchev–Trinajstić information content (AvgIpc) is 2.55. The van der Waals surface area contributed by atoms with Gasteiger partial charge in [0.15, 0.2) is 0 Å². The first-order valence-electron chi connectivity index (χ1n) is 8.09. The Morgan fingerprint density at radius 2 is 1.83 bits per heavy atom. The van der Waals surface area contributed by atoms with E-state index in [1.807, 2.05) is 7.05 Å². The number of likely N-dealkylation sites (N-methyl/N-ethyl adjacent to an activating group) is 1. The molecule has 1 saturated heterocycles. The fourth-order valence-electron chi connectivity index (χ4n) is 3.04. The molecule has 2 rings (SSSR count). The highest BCUT2D eigenvalue weighted by atomic mass is 35.5. The van der Waals surface area contributed by atoms with Crippen molar-refractivity contribution in [2.75, 3.05) is 27.2 Å². The van der Waals surface area contributed by atoms with Crippen LogP contribution in [0.4, 0.5) is 0 Å². The largest absolute Gasteiger partial charge is 0.368 e. The van der Waals surface area contributed by atoms with Gasteiger partial charge < -0.3 is 15.0 Å². The topological polar surface area (TPSA) is 41.6 Å². The molecule has 4 nitrogen and oxygen atoms in total. The van der Waals surface area contributed by atoms with Crippen molar-refractivity contribution in [2.24, 2.45) is 0 Å². The number of piperidine rings is 1. The number of halogens is 1. The van der Waals surface area contributed by atoms with E-state index in [-0.39, 0.29) is 18.3 Å². The maximum atomic E-state index is 12.8. The van der Waals surface area contributed by atoms with Crippen molar-refractivity contribution in [3.63, 3.8) is 0 Å². The molecule has 0 aliphatic carbocycles. The van der Waals surface area contributed by atoms with Gasteiger partial charge in [-0.15, -0.1) is 12.4 Å². The van der Waals surface area contributed by atoms with E-state index in [4.69, 9.17) is 4.74 Å². The van der Waals surface area contributed by atoms with Crippen molar-refractivity contribution >= 4 is 18.3 Å². The fourth-order valence-corrected chi connectivity index (χ4v) is 3.04. The highest BCUT2D eigenvalue weighted by molar-refractivity contribution is 5.85. The summed E-state index contributed by atoms with van der Waals surface area (Å²) >= 11 is 0. The Morgan fingerprint density at radius 1 is 1.26 bits per heavy atom. The Bertz CT molecular complexity index is 496. The molecule has 1 amide bonds. The van der Waals surface area contributed by atoms with Gasteiger partial charge in [0.1, 0.15) is 5.60 Å². The number of hydrogen-bond acceptors (Lipinski definition) is 3. The van der Waals surface area contributed by atoms with Crippen LogP contribution >= 0.6 is 12.4 Å². The molecule has 130 valence electrons. The number of rotatable bonds is 5. The Balaban J connectivity index is 0.00000264. The minimum Gasteiger partial charge on any atom is -0.368 e. The summed E-state index contributed by atoms with van der Waals surface area (Å²) in [4.78, 5) is 14.6. The molecule has 1 aliphatic rings. The molecule has 0 unspecified atom stereocenters. The molecule has 1 heterocycles. The van der Waals surface area contributed by atoms with E-state index in [1.165, 1.54) is 5.56 Å². The molecular formula is C18H29ClN2O2. The van der Waals surface area contributed by atoms with E-state index in [9.17, 15) is 4.79 Å². The van der Waals surface area contributed by atoms with E-state index in [0.29, 0.717) is 12.5 Å². The molecule has 1 aliphatic heterocycles. The zero-order valence-electron chi connectivity index (χ0n) is 14.6. The van der Waals surface area contributed by atoms with Crippen LogP contribution < -0.4 is 5.32 Å². The van der Waals surface area contributed by atoms with E-state index in [2.05, 4.69) is 43.4 Å². The van der Waals surface area contributed by atoms with Gasteiger partial charge in [-0.05, 0) is 43.0 Å². The van der Waals surface area contributed by atoms with E-state index in [0.717, 1.165) is 31.5 Å².